The number of nitrogens with zero attached hydrogens (tertiary/aromatic N) is 4. The lowest BCUT2D eigenvalue weighted by atomic mass is 10.1. The lowest BCUT2D eigenvalue weighted by Gasteiger charge is -2.44. The van der Waals surface area contributed by atoms with E-state index in [9.17, 15) is 8.42 Å². The normalized spacial score (nSPS) is 17.4. The highest BCUT2D eigenvalue weighted by atomic mass is 35.5. The van der Waals surface area contributed by atoms with E-state index < -0.39 is 10.0 Å². The second-order valence-corrected chi connectivity index (χ2v) is 11.7. The number of fused-ring (bicyclic) bond motifs is 4. The number of benzene rings is 2. The van der Waals surface area contributed by atoms with E-state index in [1.54, 1.807) is 30.5 Å². The van der Waals surface area contributed by atoms with Gasteiger partial charge in [-0.1, -0.05) is 23.7 Å². The number of aromatic nitrogens is 3. The number of rotatable bonds is 6. The molecule has 0 amide bonds. The number of sulfonamides is 1. The van der Waals surface area contributed by atoms with Crippen molar-refractivity contribution in [1.82, 2.24) is 19.9 Å². The Hall–Kier alpha value is -3.74. The number of H-pyrrole nitrogens is 1. The van der Waals surface area contributed by atoms with Gasteiger partial charge in [-0.05, 0) is 31.3 Å². The second kappa shape index (κ2) is 9.53. The minimum absolute atomic E-state index is 0.334. The van der Waals surface area contributed by atoms with E-state index >= 15 is 0 Å². The highest BCUT2D eigenvalue weighted by molar-refractivity contribution is 7.92. The molecule has 4 aromatic rings. The van der Waals surface area contributed by atoms with Crippen molar-refractivity contribution in [2.24, 2.45) is 0 Å². The minimum Gasteiger partial charge on any atom is -0.489 e. The molecule has 6 rings (SSSR count). The third-order valence-electron chi connectivity index (χ3n) is 6.60. The second-order valence-electron chi connectivity index (χ2n) is 9.53. The number of likely N-dealkylation sites (N-methyl/N-ethyl adjacent to an activating group) is 1. The quantitative estimate of drug-likeness (QED) is 0.280. The van der Waals surface area contributed by atoms with Gasteiger partial charge in [0.05, 0.1) is 39.8 Å². The first kappa shape index (κ1) is 24.6. The maximum atomic E-state index is 11.9. The largest absolute Gasteiger partial charge is 0.489 e. The van der Waals surface area contributed by atoms with E-state index in [2.05, 4.69) is 53.2 Å². The van der Waals surface area contributed by atoms with Gasteiger partial charge in [-0.15, -0.1) is 0 Å². The lowest BCUT2D eigenvalue weighted by Crippen LogP contribution is -2.56. The fourth-order valence-electron chi connectivity index (χ4n) is 4.88. The van der Waals surface area contributed by atoms with Crippen LogP contribution >= 0.6 is 11.6 Å². The maximum absolute atomic E-state index is 11.9. The van der Waals surface area contributed by atoms with E-state index in [0.29, 0.717) is 51.8 Å². The van der Waals surface area contributed by atoms with Crippen molar-refractivity contribution in [2.45, 2.75) is 6.04 Å². The summed E-state index contributed by atoms with van der Waals surface area (Å²) >= 11 is 6.44. The van der Waals surface area contributed by atoms with Gasteiger partial charge in [-0.3, -0.25) is 4.72 Å². The fraction of sp³-hybridized carbons (Fsp3) is 0.280. The zero-order valence-corrected chi connectivity index (χ0v) is 22.4. The SMILES string of the molecule is CN1CCN2c3ccc(Nc4nc(Nc5ccccc5NS(C)(=O)=O)c5c(Cl)c[nH]c5n4)cc3OC[C@H]2C1. The molecule has 2 aliphatic heterocycles. The van der Waals surface area contributed by atoms with Crippen molar-refractivity contribution in [3.05, 3.63) is 53.7 Å². The molecule has 0 bridgehead atoms. The summed E-state index contributed by atoms with van der Waals surface area (Å²) in [6.45, 7) is 3.59. The number of hydrogen-bond donors (Lipinski definition) is 4. The highest BCUT2D eigenvalue weighted by Crippen LogP contribution is 2.38. The Balaban J connectivity index is 1.31. The number of aromatic amines is 1. The molecule has 11 nitrogen and oxygen atoms in total. The molecule has 0 radical (unpaired) electrons. The third kappa shape index (κ3) is 4.89. The number of ether oxygens (including phenoxy) is 1. The molecule has 0 spiro atoms. The van der Waals surface area contributed by atoms with Gasteiger partial charge in [-0.25, -0.2) is 8.42 Å². The molecule has 1 saturated heterocycles. The van der Waals surface area contributed by atoms with Gasteiger partial charge in [0.25, 0.3) is 0 Å². The Kier molecular flexibility index (Phi) is 6.17. The van der Waals surface area contributed by atoms with Crippen molar-refractivity contribution in [3.8, 4) is 5.75 Å². The van der Waals surface area contributed by atoms with E-state index in [1.165, 1.54) is 0 Å². The molecule has 1 fully saturated rings. The number of nitrogens with one attached hydrogen (secondary N) is 4. The van der Waals surface area contributed by atoms with Crippen LogP contribution in [0.25, 0.3) is 11.0 Å². The maximum Gasteiger partial charge on any atom is 0.231 e. The smallest absolute Gasteiger partial charge is 0.231 e. The standard InChI is InChI=1S/C25H27ClN8O3S/c1-33-9-10-34-16(13-33)14-37-21-11-15(7-8-20(21)34)28-25-30-23-22(17(26)12-27-23)24(31-25)29-18-5-3-4-6-19(18)32-38(2,35)36/h3-8,11-12,16,32H,9-10,13-14H2,1-2H3,(H3,27,28,29,30,31)/t16-/m1/s1. The fourth-order valence-corrected chi connectivity index (χ4v) is 5.69. The summed E-state index contributed by atoms with van der Waals surface area (Å²) in [5.74, 6) is 1.57. The molecule has 198 valence electrons. The van der Waals surface area contributed by atoms with E-state index in [1.807, 2.05) is 12.1 Å². The van der Waals surface area contributed by atoms with Crippen LogP contribution in [0.15, 0.2) is 48.7 Å². The van der Waals surface area contributed by atoms with Crippen LogP contribution < -0.4 is 25.0 Å². The lowest BCUT2D eigenvalue weighted by molar-refractivity contribution is 0.188. The van der Waals surface area contributed by atoms with Crippen LogP contribution in [0, 0.1) is 0 Å². The molecule has 2 aliphatic rings. The number of para-hydroxylation sites is 2. The molecule has 13 heteroatoms. The Labute approximate surface area is 225 Å². The van der Waals surface area contributed by atoms with Gasteiger partial charge < -0.3 is 30.2 Å². The number of anilines is 6. The first-order valence-corrected chi connectivity index (χ1v) is 14.4. The summed E-state index contributed by atoms with van der Waals surface area (Å²) in [6, 6.07) is 13.3. The average molecular weight is 555 g/mol. The Morgan fingerprint density at radius 1 is 1.11 bits per heavy atom. The van der Waals surface area contributed by atoms with Crippen LogP contribution in [0.5, 0.6) is 5.75 Å². The molecule has 0 aliphatic carbocycles. The number of halogens is 1. The van der Waals surface area contributed by atoms with Gasteiger partial charge in [-0.2, -0.15) is 9.97 Å². The van der Waals surface area contributed by atoms with E-state index in [-0.39, 0.29) is 0 Å². The summed E-state index contributed by atoms with van der Waals surface area (Å²) in [5, 5.41) is 7.51. The van der Waals surface area contributed by atoms with Crippen molar-refractivity contribution < 1.29 is 13.2 Å². The van der Waals surface area contributed by atoms with Gasteiger partial charge in [0.15, 0.2) is 0 Å². The predicted octanol–water partition coefficient (Wildman–Crippen LogP) is 3.98. The van der Waals surface area contributed by atoms with Gasteiger partial charge >= 0.3 is 0 Å². The topological polar surface area (TPSA) is 128 Å². The van der Waals surface area contributed by atoms with Gasteiger partial charge in [0, 0.05) is 37.6 Å². The molecule has 38 heavy (non-hydrogen) atoms. The van der Waals surface area contributed by atoms with Gasteiger partial charge in [0.2, 0.25) is 16.0 Å². The molecule has 2 aromatic carbocycles. The number of hydrogen-bond acceptors (Lipinski definition) is 9. The average Bonchev–Trinajstić information content (AvgIpc) is 3.24. The summed E-state index contributed by atoms with van der Waals surface area (Å²) in [7, 11) is -1.35. The molecule has 0 unspecified atom stereocenters. The zero-order valence-electron chi connectivity index (χ0n) is 20.8. The first-order valence-electron chi connectivity index (χ1n) is 12.1. The third-order valence-corrected chi connectivity index (χ3v) is 7.49. The minimum atomic E-state index is -3.48. The zero-order chi connectivity index (χ0) is 26.4. The summed E-state index contributed by atoms with van der Waals surface area (Å²) in [5.41, 5.74) is 3.29. The highest BCUT2D eigenvalue weighted by Gasteiger charge is 2.31. The van der Waals surface area contributed by atoms with Crippen LogP contribution in [0.1, 0.15) is 0 Å². The monoisotopic (exact) mass is 554 g/mol. The number of piperazine rings is 1. The Morgan fingerprint density at radius 3 is 2.74 bits per heavy atom. The predicted molar refractivity (Wildman–Crippen MR) is 151 cm³/mol. The van der Waals surface area contributed by atoms with E-state index in [0.717, 1.165) is 43.0 Å². The van der Waals surface area contributed by atoms with Crippen molar-refractivity contribution in [2.75, 3.05) is 59.8 Å². The van der Waals surface area contributed by atoms with Crippen molar-refractivity contribution >= 4 is 67.2 Å². The van der Waals surface area contributed by atoms with Crippen LogP contribution in [-0.2, 0) is 10.0 Å². The molecular weight excluding hydrogens is 528 g/mol. The summed E-state index contributed by atoms with van der Waals surface area (Å²) in [6.07, 6.45) is 2.74. The van der Waals surface area contributed by atoms with E-state index in [4.69, 9.17) is 16.3 Å². The molecule has 1 atom stereocenters. The van der Waals surface area contributed by atoms with Crippen LogP contribution in [0.3, 0.4) is 0 Å². The molecule has 4 N–H and O–H groups in total. The Bertz CT molecular complexity index is 1630. The molecule has 4 heterocycles. The first-order chi connectivity index (χ1) is 18.2. The van der Waals surface area contributed by atoms with Crippen LogP contribution in [0.4, 0.5) is 34.5 Å². The van der Waals surface area contributed by atoms with Crippen molar-refractivity contribution in [3.63, 3.8) is 0 Å². The summed E-state index contributed by atoms with van der Waals surface area (Å²) < 4.78 is 32.4. The van der Waals surface area contributed by atoms with Crippen molar-refractivity contribution in [1.29, 1.82) is 0 Å². The Morgan fingerprint density at radius 2 is 1.92 bits per heavy atom. The van der Waals surface area contributed by atoms with Gasteiger partial charge in [0.1, 0.15) is 23.8 Å². The summed E-state index contributed by atoms with van der Waals surface area (Å²) in [4.78, 5) is 17.1. The molecule has 0 saturated carbocycles. The molecule has 2 aromatic heterocycles. The molecular formula is C25H27ClN8O3S. The van der Waals surface area contributed by atoms with Crippen LogP contribution in [-0.4, -0.2) is 73.9 Å². The van der Waals surface area contributed by atoms with Crippen LogP contribution in [0.2, 0.25) is 5.02 Å².